The van der Waals surface area contributed by atoms with Gasteiger partial charge in [-0.25, -0.2) is 0 Å². The van der Waals surface area contributed by atoms with Crippen molar-refractivity contribution in [3.63, 3.8) is 0 Å². The highest BCUT2D eigenvalue weighted by atomic mass is 35.5. The molecule has 1 aromatic heterocycles. The number of rotatable bonds is 4. The summed E-state index contributed by atoms with van der Waals surface area (Å²) in [6, 6.07) is 6.38. The van der Waals surface area contributed by atoms with Crippen molar-refractivity contribution in [3.05, 3.63) is 39.7 Å². The van der Waals surface area contributed by atoms with Crippen LogP contribution >= 0.6 is 23.4 Å². The molecular weight excluding hydrogens is 302 g/mol. The number of nitro benzene ring substituents is 1. The fourth-order valence-electron chi connectivity index (χ4n) is 1.36. The van der Waals surface area contributed by atoms with E-state index in [1.54, 1.807) is 37.2 Å². The predicted molar refractivity (Wildman–Crippen MR) is 76.4 cm³/mol. The van der Waals surface area contributed by atoms with Gasteiger partial charge in [0, 0.05) is 20.2 Å². The highest BCUT2D eigenvalue weighted by Gasteiger charge is 2.16. The van der Waals surface area contributed by atoms with E-state index in [1.165, 1.54) is 6.07 Å². The van der Waals surface area contributed by atoms with Crippen molar-refractivity contribution in [1.82, 2.24) is 15.0 Å². The molecule has 0 aliphatic rings. The minimum absolute atomic E-state index is 0.000405. The highest BCUT2D eigenvalue weighted by molar-refractivity contribution is 7.99. The van der Waals surface area contributed by atoms with Crippen LogP contribution in [0.25, 0.3) is 0 Å². The lowest BCUT2D eigenvalue weighted by Crippen LogP contribution is -2.13. The van der Waals surface area contributed by atoms with Crippen molar-refractivity contribution < 1.29 is 4.92 Å². The number of nitrogens with zero attached hydrogens (tertiary/aromatic N) is 5. The van der Waals surface area contributed by atoms with Crippen LogP contribution in [0.1, 0.15) is 0 Å². The molecule has 0 bridgehead atoms. The molecule has 0 fully saturated rings. The molecule has 0 aliphatic carbocycles. The molecule has 0 saturated carbocycles. The zero-order valence-corrected chi connectivity index (χ0v) is 12.2. The molecule has 9 heteroatoms. The van der Waals surface area contributed by atoms with E-state index < -0.39 is 4.92 Å². The molecule has 0 atom stereocenters. The zero-order chi connectivity index (χ0) is 14.7. The van der Waals surface area contributed by atoms with Crippen molar-refractivity contribution in [3.8, 4) is 0 Å². The summed E-state index contributed by atoms with van der Waals surface area (Å²) in [7, 11) is 3.54. The van der Waals surface area contributed by atoms with E-state index in [9.17, 15) is 10.1 Å². The molecule has 0 amide bonds. The van der Waals surface area contributed by atoms with E-state index in [2.05, 4.69) is 15.0 Å². The van der Waals surface area contributed by atoms with Crippen molar-refractivity contribution in [2.24, 2.45) is 0 Å². The monoisotopic (exact) mass is 311 g/mol. The van der Waals surface area contributed by atoms with Crippen LogP contribution in [-0.4, -0.2) is 34.0 Å². The zero-order valence-electron chi connectivity index (χ0n) is 10.6. The van der Waals surface area contributed by atoms with E-state index >= 15 is 0 Å². The van der Waals surface area contributed by atoms with Gasteiger partial charge < -0.3 is 4.90 Å². The van der Waals surface area contributed by atoms with E-state index in [0.29, 0.717) is 16.0 Å². The van der Waals surface area contributed by atoms with E-state index in [4.69, 9.17) is 11.6 Å². The Morgan fingerprint density at radius 2 is 1.95 bits per heavy atom. The molecular formula is C11H10ClN5O2S. The maximum absolute atomic E-state index is 11.0. The van der Waals surface area contributed by atoms with Crippen LogP contribution in [0.15, 0.2) is 34.3 Å². The van der Waals surface area contributed by atoms with Gasteiger partial charge >= 0.3 is 0 Å². The molecule has 1 aromatic carbocycles. The van der Waals surface area contributed by atoms with Gasteiger partial charge in [-0.2, -0.15) is 15.0 Å². The number of hydrogen-bond acceptors (Lipinski definition) is 7. The summed E-state index contributed by atoms with van der Waals surface area (Å²) in [6.45, 7) is 0. The van der Waals surface area contributed by atoms with Gasteiger partial charge in [-0.3, -0.25) is 10.1 Å². The first-order chi connectivity index (χ1) is 9.47. The van der Waals surface area contributed by atoms with Crippen LogP contribution in [-0.2, 0) is 0 Å². The van der Waals surface area contributed by atoms with Gasteiger partial charge in [0.2, 0.25) is 11.2 Å². The van der Waals surface area contributed by atoms with Crippen molar-refractivity contribution >= 4 is 35.0 Å². The molecule has 1 heterocycles. The number of halogens is 1. The summed E-state index contributed by atoms with van der Waals surface area (Å²) in [6.07, 6.45) is 0. The Kier molecular flexibility index (Phi) is 4.35. The summed E-state index contributed by atoms with van der Waals surface area (Å²) in [5.74, 6) is 0.395. The molecule has 0 N–H and O–H groups in total. The van der Waals surface area contributed by atoms with Crippen molar-refractivity contribution in [2.45, 2.75) is 10.1 Å². The summed E-state index contributed by atoms with van der Waals surface area (Å²) in [5, 5.41) is 11.3. The van der Waals surface area contributed by atoms with Gasteiger partial charge in [-0.1, -0.05) is 12.1 Å². The number of hydrogen-bond donors (Lipinski definition) is 0. The SMILES string of the molecule is CN(C)c1nc(Cl)nc(Sc2ccccc2[N+](=O)[O-])n1. The third kappa shape index (κ3) is 3.34. The molecule has 7 nitrogen and oxygen atoms in total. The van der Waals surface area contributed by atoms with Gasteiger partial charge in [0.1, 0.15) is 0 Å². The number of benzene rings is 1. The van der Waals surface area contributed by atoms with Crippen LogP contribution in [0.2, 0.25) is 5.28 Å². The summed E-state index contributed by atoms with van der Waals surface area (Å²) < 4.78 is 0. The third-order valence-electron chi connectivity index (χ3n) is 2.24. The molecule has 0 spiro atoms. The molecule has 0 unspecified atom stereocenters. The second kappa shape index (κ2) is 6.02. The minimum atomic E-state index is -0.446. The molecule has 0 aliphatic heterocycles. The lowest BCUT2D eigenvalue weighted by molar-refractivity contribution is -0.387. The molecule has 0 saturated heterocycles. The second-order valence-electron chi connectivity index (χ2n) is 3.91. The first-order valence-electron chi connectivity index (χ1n) is 5.47. The number of para-hydroxylation sites is 1. The van der Waals surface area contributed by atoms with Crippen molar-refractivity contribution in [2.75, 3.05) is 19.0 Å². The first-order valence-corrected chi connectivity index (χ1v) is 6.67. The summed E-state index contributed by atoms with van der Waals surface area (Å²) >= 11 is 6.90. The smallest absolute Gasteiger partial charge is 0.283 e. The maximum atomic E-state index is 11.0. The van der Waals surface area contributed by atoms with E-state index in [-0.39, 0.29) is 11.0 Å². The Hall–Kier alpha value is -1.93. The van der Waals surface area contributed by atoms with Gasteiger partial charge in [0.05, 0.1) is 9.82 Å². The van der Waals surface area contributed by atoms with Gasteiger partial charge in [-0.15, -0.1) is 0 Å². The summed E-state index contributed by atoms with van der Waals surface area (Å²) in [5.41, 5.74) is 0.000405. The second-order valence-corrected chi connectivity index (χ2v) is 5.26. The molecule has 2 aromatic rings. The minimum Gasteiger partial charge on any atom is -0.347 e. The fraction of sp³-hybridized carbons (Fsp3) is 0.182. The third-order valence-corrected chi connectivity index (χ3v) is 3.34. The van der Waals surface area contributed by atoms with Gasteiger partial charge in [0.25, 0.3) is 5.69 Å². The Balaban J connectivity index is 2.38. The highest BCUT2D eigenvalue weighted by Crippen LogP contribution is 2.33. The first kappa shape index (κ1) is 14.5. The predicted octanol–water partition coefficient (Wildman–Crippen LogP) is 2.65. The summed E-state index contributed by atoms with van der Waals surface area (Å²) in [4.78, 5) is 24.8. The largest absolute Gasteiger partial charge is 0.347 e. The number of nitro groups is 1. The Morgan fingerprint density at radius 1 is 1.25 bits per heavy atom. The van der Waals surface area contributed by atoms with Crippen LogP contribution in [0.3, 0.4) is 0 Å². The number of anilines is 1. The maximum Gasteiger partial charge on any atom is 0.283 e. The molecule has 20 heavy (non-hydrogen) atoms. The lowest BCUT2D eigenvalue weighted by atomic mass is 10.3. The Morgan fingerprint density at radius 3 is 2.60 bits per heavy atom. The van der Waals surface area contributed by atoms with Crippen molar-refractivity contribution in [1.29, 1.82) is 0 Å². The Labute approximate surface area is 124 Å². The number of aromatic nitrogens is 3. The lowest BCUT2D eigenvalue weighted by Gasteiger charge is -2.10. The Bertz CT molecular complexity index is 652. The molecule has 0 radical (unpaired) electrons. The van der Waals surface area contributed by atoms with Gasteiger partial charge in [0.15, 0.2) is 5.16 Å². The van der Waals surface area contributed by atoms with Crippen LogP contribution in [0.4, 0.5) is 11.6 Å². The van der Waals surface area contributed by atoms with Gasteiger partial charge in [-0.05, 0) is 29.4 Å². The fourth-order valence-corrected chi connectivity index (χ4v) is 2.42. The standard InChI is InChI=1S/C11H10ClN5O2S/c1-16(2)10-13-9(12)14-11(15-10)20-8-6-4-3-5-7(8)17(18)19/h3-6H,1-2H3. The average Bonchev–Trinajstić information content (AvgIpc) is 2.38. The molecule has 104 valence electrons. The quantitative estimate of drug-likeness (QED) is 0.633. The topological polar surface area (TPSA) is 85.0 Å². The van der Waals surface area contributed by atoms with E-state index in [0.717, 1.165) is 11.8 Å². The van der Waals surface area contributed by atoms with Crippen LogP contribution in [0, 0.1) is 10.1 Å². The van der Waals surface area contributed by atoms with Crippen LogP contribution < -0.4 is 4.90 Å². The van der Waals surface area contributed by atoms with E-state index in [1.807, 2.05) is 0 Å². The van der Waals surface area contributed by atoms with Crippen LogP contribution in [0.5, 0.6) is 0 Å². The average molecular weight is 312 g/mol. The molecule has 2 rings (SSSR count). The normalized spacial score (nSPS) is 10.3.